The van der Waals surface area contributed by atoms with E-state index in [2.05, 4.69) is 10.9 Å². The highest BCUT2D eigenvalue weighted by molar-refractivity contribution is 5.96. The molecule has 0 aromatic heterocycles. The van der Waals surface area contributed by atoms with Crippen LogP contribution in [0.1, 0.15) is 10.4 Å². The van der Waals surface area contributed by atoms with Crippen molar-refractivity contribution < 1.29 is 4.79 Å². The molecule has 0 fully saturated rings. The van der Waals surface area contributed by atoms with E-state index in [1.165, 1.54) is 0 Å². The van der Waals surface area contributed by atoms with E-state index in [4.69, 9.17) is 0 Å². The summed E-state index contributed by atoms with van der Waals surface area (Å²) in [7, 11) is 0. The fourth-order valence-electron chi connectivity index (χ4n) is 0.906. The summed E-state index contributed by atoms with van der Waals surface area (Å²) in [6.45, 7) is 0. The third-order valence-electron chi connectivity index (χ3n) is 1.47. The number of hydrazine groups is 1. The molecule has 0 atom stereocenters. The van der Waals surface area contributed by atoms with Crippen molar-refractivity contribution in [3.63, 3.8) is 0 Å². The van der Waals surface area contributed by atoms with Crippen LogP contribution in [0.15, 0.2) is 24.3 Å². The van der Waals surface area contributed by atoms with E-state index in [0.717, 1.165) is 5.69 Å². The molecular weight excluding hydrogens is 128 g/mol. The van der Waals surface area contributed by atoms with Gasteiger partial charge in [0.05, 0.1) is 5.69 Å². The summed E-state index contributed by atoms with van der Waals surface area (Å²) >= 11 is 0. The molecule has 0 saturated heterocycles. The highest BCUT2D eigenvalue weighted by Gasteiger charge is 2.07. The maximum atomic E-state index is 10.9. The lowest BCUT2D eigenvalue weighted by molar-refractivity contribution is 0.0964. The fraction of sp³-hybridized carbons (Fsp3) is 0. The summed E-state index contributed by atoms with van der Waals surface area (Å²) < 4.78 is 0. The fourth-order valence-corrected chi connectivity index (χ4v) is 0.906. The first-order valence-electron chi connectivity index (χ1n) is 3.03. The molecule has 3 heteroatoms. The molecule has 10 heavy (non-hydrogen) atoms. The largest absolute Gasteiger partial charge is 0.298 e. The Hall–Kier alpha value is -1.51. The van der Waals surface area contributed by atoms with Gasteiger partial charge in [-0.2, -0.15) is 0 Å². The van der Waals surface area contributed by atoms with Crippen molar-refractivity contribution in [2.45, 2.75) is 0 Å². The van der Waals surface area contributed by atoms with Crippen molar-refractivity contribution >= 4 is 11.6 Å². The maximum Gasteiger partial charge on any atom is 0.269 e. The summed E-state index contributed by atoms with van der Waals surface area (Å²) in [5.41, 5.74) is 6.86. The molecule has 50 valence electrons. The Morgan fingerprint density at radius 1 is 1.00 bits per heavy atom. The number of amides is 1. The number of carbonyl (C=O) groups is 1. The third kappa shape index (κ3) is 0.639. The SMILES string of the molecule is O=C1NNc2ccc1cc2. The van der Waals surface area contributed by atoms with Gasteiger partial charge in [-0.3, -0.25) is 15.6 Å². The van der Waals surface area contributed by atoms with Gasteiger partial charge in [-0.1, -0.05) is 0 Å². The Balaban J connectivity index is 2.59. The Morgan fingerprint density at radius 2 is 1.70 bits per heavy atom. The van der Waals surface area contributed by atoms with Crippen LogP contribution in [0.3, 0.4) is 0 Å². The van der Waals surface area contributed by atoms with Crippen molar-refractivity contribution in [1.82, 2.24) is 5.43 Å². The Kier molecular flexibility index (Phi) is 0.917. The van der Waals surface area contributed by atoms with Crippen LogP contribution in [0, 0.1) is 0 Å². The number of hydrogen-bond donors (Lipinski definition) is 2. The van der Waals surface area contributed by atoms with Crippen LogP contribution >= 0.6 is 0 Å². The van der Waals surface area contributed by atoms with Gasteiger partial charge < -0.3 is 0 Å². The van der Waals surface area contributed by atoms with Gasteiger partial charge in [0.15, 0.2) is 0 Å². The zero-order valence-corrected chi connectivity index (χ0v) is 5.22. The Morgan fingerprint density at radius 3 is 2.40 bits per heavy atom. The smallest absolute Gasteiger partial charge is 0.269 e. The molecule has 1 amide bonds. The molecule has 0 unspecified atom stereocenters. The summed E-state index contributed by atoms with van der Waals surface area (Å²) in [5.74, 6) is -0.0833. The lowest BCUT2D eigenvalue weighted by atomic mass is 10.2. The average molecular weight is 134 g/mol. The molecule has 1 aromatic rings. The van der Waals surface area contributed by atoms with Crippen molar-refractivity contribution in [3.05, 3.63) is 29.8 Å². The summed E-state index contributed by atoms with van der Waals surface area (Å²) in [6.07, 6.45) is 0. The monoisotopic (exact) mass is 134 g/mol. The molecule has 3 nitrogen and oxygen atoms in total. The number of benzene rings is 1. The molecule has 0 saturated carbocycles. The number of carbonyl (C=O) groups excluding carboxylic acids is 1. The van der Waals surface area contributed by atoms with Gasteiger partial charge in [-0.05, 0) is 24.3 Å². The first-order valence-corrected chi connectivity index (χ1v) is 3.03. The first kappa shape index (κ1) is 5.29. The molecule has 2 N–H and O–H groups in total. The van der Waals surface area contributed by atoms with Crippen molar-refractivity contribution in [2.24, 2.45) is 0 Å². The van der Waals surface area contributed by atoms with Crippen LogP contribution in [-0.2, 0) is 0 Å². The van der Waals surface area contributed by atoms with Crippen LogP contribution in [-0.4, -0.2) is 5.91 Å². The van der Waals surface area contributed by atoms with Crippen LogP contribution in [0.5, 0.6) is 0 Å². The van der Waals surface area contributed by atoms with E-state index >= 15 is 0 Å². The molecule has 2 aliphatic rings. The van der Waals surface area contributed by atoms with Gasteiger partial charge in [0, 0.05) is 5.56 Å². The minimum Gasteiger partial charge on any atom is -0.298 e. The van der Waals surface area contributed by atoms with Crippen LogP contribution in [0.2, 0.25) is 0 Å². The van der Waals surface area contributed by atoms with Gasteiger partial charge in [-0.25, -0.2) is 0 Å². The predicted molar refractivity (Wildman–Crippen MR) is 37.5 cm³/mol. The van der Waals surface area contributed by atoms with Crippen LogP contribution in [0.25, 0.3) is 0 Å². The van der Waals surface area contributed by atoms with Crippen molar-refractivity contribution in [1.29, 1.82) is 0 Å². The summed E-state index contributed by atoms with van der Waals surface area (Å²) in [6, 6.07) is 7.27. The lowest BCUT2D eigenvalue weighted by Gasteiger charge is -1.99. The van der Waals surface area contributed by atoms with E-state index in [1.54, 1.807) is 12.1 Å². The number of nitrogens with one attached hydrogen (secondary N) is 2. The van der Waals surface area contributed by atoms with Crippen LogP contribution in [0.4, 0.5) is 5.69 Å². The minimum atomic E-state index is -0.0833. The molecule has 0 spiro atoms. The lowest BCUT2D eigenvalue weighted by Crippen LogP contribution is -2.26. The normalized spacial score (nSPS) is 13.8. The summed E-state index contributed by atoms with van der Waals surface area (Å²) in [4.78, 5) is 10.9. The van der Waals surface area contributed by atoms with Gasteiger partial charge in [0.1, 0.15) is 0 Å². The summed E-state index contributed by atoms with van der Waals surface area (Å²) in [5, 5.41) is 0. The first-order chi connectivity index (χ1) is 4.86. The molecule has 0 aliphatic carbocycles. The van der Waals surface area contributed by atoms with E-state index in [1.807, 2.05) is 12.1 Å². The molecule has 2 heterocycles. The second kappa shape index (κ2) is 1.73. The zero-order valence-electron chi connectivity index (χ0n) is 5.22. The predicted octanol–water partition coefficient (Wildman–Crippen LogP) is 0.757. The van der Waals surface area contributed by atoms with Crippen molar-refractivity contribution in [3.8, 4) is 0 Å². The van der Waals surface area contributed by atoms with Gasteiger partial charge in [-0.15, -0.1) is 0 Å². The minimum absolute atomic E-state index is 0.0833. The number of fused-ring (bicyclic) bond motifs is 4. The zero-order chi connectivity index (χ0) is 6.97. The molecule has 0 radical (unpaired) electrons. The average Bonchev–Trinajstić information content (AvgIpc) is 2.24. The van der Waals surface area contributed by atoms with E-state index in [9.17, 15) is 4.79 Å². The molecule has 3 rings (SSSR count). The van der Waals surface area contributed by atoms with E-state index in [-0.39, 0.29) is 5.91 Å². The second-order valence-electron chi connectivity index (χ2n) is 2.16. The highest BCUT2D eigenvalue weighted by atomic mass is 16.2. The maximum absolute atomic E-state index is 10.9. The molecular formula is C7H6N2O. The van der Waals surface area contributed by atoms with Gasteiger partial charge >= 0.3 is 0 Å². The molecule has 2 bridgehead atoms. The van der Waals surface area contributed by atoms with Crippen molar-refractivity contribution in [2.75, 3.05) is 5.43 Å². The van der Waals surface area contributed by atoms with Gasteiger partial charge in [0.25, 0.3) is 5.91 Å². The topological polar surface area (TPSA) is 41.1 Å². The quantitative estimate of drug-likeness (QED) is 0.550. The van der Waals surface area contributed by atoms with Crippen LogP contribution < -0.4 is 10.9 Å². The number of rotatable bonds is 0. The van der Waals surface area contributed by atoms with E-state index in [0.29, 0.717) is 5.56 Å². The third-order valence-corrected chi connectivity index (χ3v) is 1.47. The van der Waals surface area contributed by atoms with Gasteiger partial charge in [0.2, 0.25) is 0 Å². The molecule has 2 aliphatic heterocycles. The highest BCUT2D eigenvalue weighted by Crippen LogP contribution is 2.11. The standard InChI is InChI=1S/C7H6N2O/c10-7-5-1-3-6(4-2-5)8-9-7/h1-4,8H,(H,9,10). The number of anilines is 1. The molecule has 1 aromatic carbocycles. The Labute approximate surface area is 58.0 Å². The Bertz CT molecular complexity index is 265. The van der Waals surface area contributed by atoms with E-state index < -0.39 is 0 Å². The second-order valence-corrected chi connectivity index (χ2v) is 2.16. The number of hydrogen-bond acceptors (Lipinski definition) is 2.